The largest absolute Gasteiger partial charge is 0.399 e. The standard InChI is InChI=1S/C14H19N3S/c1-2-3-10-6-7-17(9-10)14-16-12-5-4-11(15)8-13(12)18-14/h4-5,8,10H,2-3,6-7,9,15H2,1H3. The number of nitrogen functional groups attached to an aromatic ring is 1. The van der Waals surface area contributed by atoms with Crippen molar-refractivity contribution in [1.29, 1.82) is 0 Å². The van der Waals surface area contributed by atoms with Crippen LogP contribution in [0, 0.1) is 5.92 Å². The van der Waals surface area contributed by atoms with Gasteiger partial charge in [-0.1, -0.05) is 24.7 Å². The monoisotopic (exact) mass is 261 g/mol. The maximum absolute atomic E-state index is 5.81. The number of thiazole rings is 1. The van der Waals surface area contributed by atoms with Gasteiger partial charge in [0.1, 0.15) is 0 Å². The van der Waals surface area contributed by atoms with Gasteiger partial charge in [-0.25, -0.2) is 4.98 Å². The van der Waals surface area contributed by atoms with Gasteiger partial charge in [0.15, 0.2) is 5.13 Å². The van der Waals surface area contributed by atoms with Gasteiger partial charge in [-0.2, -0.15) is 0 Å². The minimum Gasteiger partial charge on any atom is -0.399 e. The Labute approximate surface area is 112 Å². The van der Waals surface area contributed by atoms with Crippen molar-refractivity contribution >= 4 is 32.4 Å². The summed E-state index contributed by atoms with van der Waals surface area (Å²) in [6, 6.07) is 5.97. The molecule has 1 aromatic carbocycles. The lowest BCUT2D eigenvalue weighted by molar-refractivity contribution is 0.530. The second kappa shape index (κ2) is 4.76. The Morgan fingerprint density at radius 2 is 2.39 bits per heavy atom. The molecule has 0 radical (unpaired) electrons. The van der Waals surface area contributed by atoms with E-state index in [0.717, 1.165) is 28.8 Å². The van der Waals surface area contributed by atoms with E-state index in [1.165, 1.54) is 30.5 Å². The third-order valence-corrected chi connectivity index (χ3v) is 4.73. The lowest BCUT2D eigenvalue weighted by Gasteiger charge is -2.14. The van der Waals surface area contributed by atoms with E-state index < -0.39 is 0 Å². The molecular weight excluding hydrogens is 242 g/mol. The molecule has 2 N–H and O–H groups in total. The van der Waals surface area contributed by atoms with Crippen LogP contribution in [0.3, 0.4) is 0 Å². The summed E-state index contributed by atoms with van der Waals surface area (Å²) >= 11 is 1.76. The Morgan fingerprint density at radius 1 is 1.50 bits per heavy atom. The summed E-state index contributed by atoms with van der Waals surface area (Å²) in [6.45, 7) is 4.59. The van der Waals surface area contributed by atoms with Crippen LogP contribution in [0.5, 0.6) is 0 Å². The lowest BCUT2D eigenvalue weighted by Crippen LogP contribution is -2.19. The van der Waals surface area contributed by atoms with Crippen LogP contribution < -0.4 is 10.6 Å². The average molecular weight is 261 g/mol. The number of anilines is 2. The zero-order chi connectivity index (χ0) is 12.5. The predicted molar refractivity (Wildman–Crippen MR) is 79.3 cm³/mol. The van der Waals surface area contributed by atoms with Crippen molar-refractivity contribution in [2.24, 2.45) is 5.92 Å². The molecule has 0 aliphatic carbocycles. The fourth-order valence-electron chi connectivity index (χ4n) is 2.71. The van der Waals surface area contributed by atoms with E-state index in [1.807, 2.05) is 18.2 Å². The molecule has 2 heterocycles. The minimum atomic E-state index is 0.822. The van der Waals surface area contributed by atoms with Crippen LogP contribution >= 0.6 is 11.3 Å². The number of fused-ring (bicyclic) bond motifs is 1. The van der Waals surface area contributed by atoms with Crippen molar-refractivity contribution in [2.45, 2.75) is 26.2 Å². The molecule has 96 valence electrons. The molecule has 0 amide bonds. The van der Waals surface area contributed by atoms with Gasteiger partial charge in [0.05, 0.1) is 10.2 Å². The first-order valence-electron chi connectivity index (χ1n) is 6.67. The summed E-state index contributed by atoms with van der Waals surface area (Å²) in [6.07, 6.45) is 3.94. The summed E-state index contributed by atoms with van der Waals surface area (Å²) < 4.78 is 1.20. The van der Waals surface area contributed by atoms with Gasteiger partial charge in [-0.05, 0) is 37.0 Å². The first kappa shape index (κ1) is 11.8. The zero-order valence-corrected chi connectivity index (χ0v) is 11.5. The molecule has 3 nitrogen and oxygen atoms in total. The molecule has 0 spiro atoms. The van der Waals surface area contributed by atoms with Crippen LogP contribution in [-0.2, 0) is 0 Å². The molecule has 2 aromatic rings. The quantitative estimate of drug-likeness (QED) is 0.860. The van der Waals surface area contributed by atoms with E-state index >= 15 is 0 Å². The van der Waals surface area contributed by atoms with E-state index in [1.54, 1.807) is 11.3 Å². The number of aromatic nitrogens is 1. The molecule has 1 aliphatic rings. The van der Waals surface area contributed by atoms with Crippen molar-refractivity contribution in [1.82, 2.24) is 4.98 Å². The first-order chi connectivity index (χ1) is 8.76. The van der Waals surface area contributed by atoms with Crippen LogP contribution in [-0.4, -0.2) is 18.1 Å². The predicted octanol–water partition coefficient (Wildman–Crippen LogP) is 3.50. The number of hydrogen-bond acceptors (Lipinski definition) is 4. The first-order valence-corrected chi connectivity index (χ1v) is 7.49. The van der Waals surface area contributed by atoms with Crippen molar-refractivity contribution in [3.8, 4) is 0 Å². The van der Waals surface area contributed by atoms with Gasteiger partial charge in [0.25, 0.3) is 0 Å². The molecule has 3 rings (SSSR count). The van der Waals surface area contributed by atoms with Crippen molar-refractivity contribution < 1.29 is 0 Å². The Kier molecular flexibility index (Phi) is 3.12. The van der Waals surface area contributed by atoms with Crippen LogP contribution in [0.2, 0.25) is 0 Å². The Hall–Kier alpha value is -1.29. The Bertz CT molecular complexity index is 549. The van der Waals surface area contributed by atoms with E-state index in [9.17, 15) is 0 Å². The van der Waals surface area contributed by atoms with Gasteiger partial charge in [-0.15, -0.1) is 0 Å². The summed E-state index contributed by atoms with van der Waals surface area (Å²) in [5.74, 6) is 0.854. The molecular formula is C14H19N3S. The third kappa shape index (κ3) is 2.17. The summed E-state index contributed by atoms with van der Waals surface area (Å²) in [5, 5.41) is 1.16. The van der Waals surface area contributed by atoms with Crippen molar-refractivity contribution in [3.63, 3.8) is 0 Å². The molecule has 1 unspecified atom stereocenters. The summed E-state index contributed by atoms with van der Waals surface area (Å²) in [4.78, 5) is 7.15. The minimum absolute atomic E-state index is 0.822. The second-order valence-corrected chi connectivity index (χ2v) is 6.12. The number of rotatable bonds is 3. The Balaban J connectivity index is 1.82. The summed E-state index contributed by atoms with van der Waals surface area (Å²) in [5.41, 5.74) is 7.71. The highest BCUT2D eigenvalue weighted by Crippen LogP contribution is 2.33. The topological polar surface area (TPSA) is 42.2 Å². The van der Waals surface area contributed by atoms with Gasteiger partial charge in [0, 0.05) is 18.8 Å². The van der Waals surface area contributed by atoms with Gasteiger partial charge in [-0.3, -0.25) is 0 Å². The zero-order valence-electron chi connectivity index (χ0n) is 10.7. The van der Waals surface area contributed by atoms with Gasteiger partial charge >= 0.3 is 0 Å². The molecule has 0 bridgehead atoms. The lowest BCUT2D eigenvalue weighted by atomic mass is 10.0. The SMILES string of the molecule is CCCC1CCN(c2nc3ccc(N)cc3s2)C1. The molecule has 1 atom stereocenters. The molecule has 18 heavy (non-hydrogen) atoms. The van der Waals surface area contributed by atoms with E-state index in [4.69, 9.17) is 10.7 Å². The van der Waals surface area contributed by atoms with Gasteiger partial charge in [0.2, 0.25) is 0 Å². The number of hydrogen-bond donors (Lipinski definition) is 1. The number of nitrogens with zero attached hydrogens (tertiary/aromatic N) is 2. The fourth-order valence-corrected chi connectivity index (χ4v) is 3.76. The number of benzene rings is 1. The van der Waals surface area contributed by atoms with Crippen LogP contribution in [0.4, 0.5) is 10.8 Å². The second-order valence-electron chi connectivity index (χ2n) is 5.11. The Morgan fingerprint density at radius 3 is 3.22 bits per heavy atom. The fraction of sp³-hybridized carbons (Fsp3) is 0.500. The average Bonchev–Trinajstić information content (AvgIpc) is 2.94. The normalized spacial score (nSPS) is 19.8. The molecule has 1 fully saturated rings. The van der Waals surface area contributed by atoms with E-state index in [-0.39, 0.29) is 0 Å². The number of nitrogens with two attached hydrogens (primary N) is 1. The summed E-state index contributed by atoms with van der Waals surface area (Å²) in [7, 11) is 0. The molecule has 0 saturated carbocycles. The molecule has 1 aliphatic heterocycles. The smallest absolute Gasteiger partial charge is 0.186 e. The molecule has 4 heteroatoms. The molecule has 1 aromatic heterocycles. The van der Waals surface area contributed by atoms with Crippen LogP contribution in [0.1, 0.15) is 26.2 Å². The van der Waals surface area contributed by atoms with Crippen molar-refractivity contribution in [2.75, 3.05) is 23.7 Å². The van der Waals surface area contributed by atoms with Crippen molar-refractivity contribution in [3.05, 3.63) is 18.2 Å². The molecule has 1 saturated heterocycles. The third-order valence-electron chi connectivity index (χ3n) is 3.65. The highest BCUT2D eigenvalue weighted by Gasteiger charge is 2.24. The maximum Gasteiger partial charge on any atom is 0.186 e. The van der Waals surface area contributed by atoms with Crippen LogP contribution in [0.25, 0.3) is 10.2 Å². The highest BCUT2D eigenvalue weighted by atomic mass is 32.1. The van der Waals surface area contributed by atoms with E-state index in [0.29, 0.717) is 0 Å². The highest BCUT2D eigenvalue weighted by molar-refractivity contribution is 7.22. The van der Waals surface area contributed by atoms with E-state index in [2.05, 4.69) is 11.8 Å². The van der Waals surface area contributed by atoms with Crippen LogP contribution in [0.15, 0.2) is 18.2 Å². The van der Waals surface area contributed by atoms with Gasteiger partial charge < -0.3 is 10.6 Å². The maximum atomic E-state index is 5.81.